The van der Waals surface area contributed by atoms with E-state index in [0.717, 1.165) is 5.75 Å². The van der Waals surface area contributed by atoms with Crippen molar-refractivity contribution in [2.45, 2.75) is 13.8 Å². The molecule has 0 fully saturated rings. The number of rotatable bonds is 8. The molecule has 0 saturated heterocycles. The van der Waals surface area contributed by atoms with Gasteiger partial charge in [0.1, 0.15) is 24.7 Å². The average Bonchev–Trinajstić information content (AvgIpc) is 2.73. The Labute approximate surface area is 171 Å². The molecule has 0 aromatic heterocycles. The van der Waals surface area contributed by atoms with Gasteiger partial charge in [-0.25, -0.2) is 4.79 Å². The van der Waals surface area contributed by atoms with Crippen molar-refractivity contribution in [2.75, 3.05) is 13.2 Å². The van der Waals surface area contributed by atoms with Gasteiger partial charge in [0.2, 0.25) is 0 Å². The standard InChI is InChI=1S/C25H24O4/c1-18-12-13-22(16-19(18)2)28-14-15-29-24-11-7-6-10-21(24)17-23(25(26)27)20-8-4-3-5-9-20/h3-13,16-17H,14-15H2,1-2H3,(H,26,27)/b23-17-. The fourth-order valence-corrected chi connectivity index (χ4v) is 2.89. The summed E-state index contributed by atoms with van der Waals surface area (Å²) in [7, 11) is 0. The topological polar surface area (TPSA) is 55.8 Å². The van der Waals surface area contributed by atoms with E-state index in [-0.39, 0.29) is 5.57 Å². The molecule has 0 heterocycles. The highest BCUT2D eigenvalue weighted by Crippen LogP contribution is 2.25. The molecule has 0 aliphatic heterocycles. The largest absolute Gasteiger partial charge is 0.490 e. The molecule has 0 radical (unpaired) electrons. The van der Waals surface area contributed by atoms with Gasteiger partial charge in [0.25, 0.3) is 0 Å². The van der Waals surface area contributed by atoms with E-state index in [1.165, 1.54) is 11.1 Å². The Hall–Kier alpha value is -3.53. The van der Waals surface area contributed by atoms with Crippen LogP contribution in [0.25, 0.3) is 11.6 Å². The number of hydrogen-bond acceptors (Lipinski definition) is 3. The van der Waals surface area contributed by atoms with E-state index in [9.17, 15) is 9.90 Å². The second kappa shape index (κ2) is 9.60. The molecule has 3 aromatic carbocycles. The Kier molecular flexibility index (Phi) is 6.69. The number of carbonyl (C=O) groups is 1. The molecule has 0 atom stereocenters. The van der Waals surface area contributed by atoms with Crippen molar-refractivity contribution in [3.05, 3.63) is 95.1 Å². The lowest BCUT2D eigenvalue weighted by molar-refractivity contribution is -0.130. The Balaban J connectivity index is 1.70. The molecule has 0 spiro atoms. The highest BCUT2D eigenvalue weighted by atomic mass is 16.5. The smallest absolute Gasteiger partial charge is 0.336 e. The maximum Gasteiger partial charge on any atom is 0.336 e. The van der Waals surface area contributed by atoms with Crippen LogP contribution in [0, 0.1) is 13.8 Å². The summed E-state index contributed by atoms with van der Waals surface area (Å²) in [6.45, 7) is 4.86. The van der Waals surface area contributed by atoms with Gasteiger partial charge in [-0.3, -0.25) is 0 Å². The first kappa shape index (κ1) is 20.2. The molecule has 29 heavy (non-hydrogen) atoms. The highest BCUT2D eigenvalue weighted by Gasteiger charge is 2.12. The van der Waals surface area contributed by atoms with Crippen molar-refractivity contribution in [3.63, 3.8) is 0 Å². The zero-order chi connectivity index (χ0) is 20.6. The Morgan fingerprint density at radius 2 is 1.55 bits per heavy atom. The molecule has 4 nitrogen and oxygen atoms in total. The van der Waals surface area contributed by atoms with Crippen molar-refractivity contribution in [1.82, 2.24) is 0 Å². The van der Waals surface area contributed by atoms with Gasteiger partial charge in [0.15, 0.2) is 0 Å². The van der Waals surface area contributed by atoms with Crippen LogP contribution in [0.1, 0.15) is 22.3 Å². The number of aliphatic carboxylic acids is 1. The monoisotopic (exact) mass is 388 g/mol. The summed E-state index contributed by atoms with van der Waals surface area (Å²) < 4.78 is 11.6. The van der Waals surface area contributed by atoms with Gasteiger partial charge < -0.3 is 14.6 Å². The van der Waals surface area contributed by atoms with Crippen molar-refractivity contribution < 1.29 is 19.4 Å². The van der Waals surface area contributed by atoms with Crippen LogP contribution in [0.3, 0.4) is 0 Å². The highest BCUT2D eigenvalue weighted by molar-refractivity contribution is 6.20. The number of ether oxygens (including phenoxy) is 2. The van der Waals surface area contributed by atoms with Gasteiger partial charge in [-0.1, -0.05) is 54.6 Å². The number of aryl methyl sites for hydroxylation is 2. The third kappa shape index (κ3) is 5.48. The third-order valence-corrected chi connectivity index (χ3v) is 4.62. The van der Waals surface area contributed by atoms with Gasteiger partial charge in [0.05, 0.1) is 5.57 Å². The van der Waals surface area contributed by atoms with Crippen molar-refractivity contribution in [3.8, 4) is 11.5 Å². The molecule has 3 rings (SSSR count). The van der Waals surface area contributed by atoms with Crippen molar-refractivity contribution in [2.24, 2.45) is 0 Å². The maximum absolute atomic E-state index is 11.8. The zero-order valence-corrected chi connectivity index (χ0v) is 16.6. The first-order valence-corrected chi connectivity index (χ1v) is 9.47. The minimum Gasteiger partial charge on any atom is -0.490 e. The third-order valence-electron chi connectivity index (χ3n) is 4.62. The molecule has 148 valence electrons. The number of benzene rings is 3. The summed E-state index contributed by atoms with van der Waals surface area (Å²) in [5, 5.41) is 9.63. The maximum atomic E-state index is 11.8. The zero-order valence-electron chi connectivity index (χ0n) is 16.6. The van der Waals surface area contributed by atoms with E-state index in [4.69, 9.17) is 9.47 Å². The molecule has 0 aliphatic rings. The molecule has 0 aliphatic carbocycles. The summed E-state index contributed by atoms with van der Waals surface area (Å²) in [5.74, 6) is 0.442. The Morgan fingerprint density at radius 3 is 2.28 bits per heavy atom. The lowest BCUT2D eigenvalue weighted by Crippen LogP contribution is -2.10. The lowest BCUT2D eigenvalue weighted by Gasteiger charge is -2.12. The minimum atomic E-state index is -0.982. The molecule has 4 heteroatoms. The van der Waals surface area contributed by atoms with Crippen LogP contribution in [0.4, 0.5) is 0 Å². The van der Waals surface area contributed by atoms with Gasteiger partial charge >= 0.3 is 5.97 Å². The number of carboxylic acid groups (broad SMARTS) is 1. The quantitative estimate of drug-likeness (QED) is 0.319. The van der Waals surface area contributed by atoms with Gasteiger partial charge in [-0.05, 0) is 54.8 Å². The fourth-order valence-electron chi connectivity index (χ4n) is 2.89. The van der Waals surface area contributed by atoms with Gasteiger partial charge in [-0.2, -0.15) is 0 Å². The van der Waals surface area contributed by atoms with Crippen LogP contribution in [0.5, 0.6) is 11.5 Å². The predicted molar refractivity (Wildman–Crippen MR) is 115 cm³/mol. The molecular weight excluding hydrogens is 364 g/mol. The number of hydrogen-bond donors (Lipinski definition) is 1. The van der Waals surface area contributed by atoms with E-state index in [1.54, 1.807) is 18.2 Å². The van der Waals surface area contributed by atoms with Gasteiger partial charge in [-0.15, -0.1) is 0 Å². The Morgan fingerprint density at radius 1 is 0.862 bits per heavy atom. The summed E-state index contributed by atoms with van der Waals surface area (Å²) in [6, 6.07) is 22.4. The van der Waals surface area contributed by atoms with Crippen molar-refractivity contribution >= 4 is 17.6 Å². The number of carboxylic acids is 1. The van der Waals surface area contributed by atoms with E-state index < -0.39 is 5.97 Å². The van der Waals surface area contributed by atoms with Crippen LogP contribution < -0.4 is 9.47 Å². The molecule has 0 unspecified atom stereocenters. The molecule has 0 saturated carbocycles. The second-order valence-electron chi connectivity index (χ2n) is 6.71. The molecule has 0 bridgehead atoms. The van der Waals surface area contributed by atoms with E-state index in [0.29, 0.717) is 30.1 Å². The predicted octanol–water partition coefficient (Wildman–Crippen LogP) is 5.39. The van der Waals surface area contributed by atoms with E-state index in [1.807, 2.05) is 67.6 Å². The van der Waals surface area contributed by atoms with Crippen LogP contribution in [0.15, 0.2) is 72.8 Å². The second-order valence-corrected chi connectivity index (χ2v) is 6.71. The van der Waals surface area contributed by atoms with E-state index >= 15 is 0 Å². The van der Waals surface area contributed by atoms with Crippen LogP contribution in [0.2, 0.25) is 0 Å². The first-order chi connectivity index (χ1) is 14.0. The van der Waals surface area contributed by atoms with Gasteiger partial charge in [0, 0.05) is 5.56 Å². The number of para-hydroxylation sites is 1. The summed E-state index contributed by atoms with van der Waals surface area (Å²) >= 11 is 0. The molecule has 1 N–H and O–H groups in total. The van der Waals surface area contributed by atoms with Crippen LogP contribution >= 0.6 is 0 Å². The summed E-state index contributed by atoms with van der Waals surface area (Å²) in [6.07, 6.45) is 1.64. The first-order valence-electron chi connectivity index (χ1n) is 9.47. The average molecular weight is 388 g/mol. The lowest BCUT2D eigenvalue weighted by atomic mass is 10.0. The minimum absolute atomic E-state index is 0.216. The molecular formula is C25H24O4. The summed E-state index contributed by atoms with van der Waals surface area (Å²) in [4.78, 5) is 11.8. The fraction of sp³-hybridized carbons (Fsp3) is 0.160. The molecule has 0 amide bonds. The molecule has 3 aromatic rings. The summed E-state index contributed by atoms with van der Waals surface area (Å²) in [5.41, 5.74) is 3.98. The van der Waals surface area contributed by atoms with Crippen LogP contribution in [-0.4, -0.2) is 24.3 Å². The van der Waals surface area contributed by atoms with Crippen LogP contribution in [-0.2, 0) is 4.79 Å². The Bertz CT molecular complexity index is 1010. The van der Waals surface area contributed by atoms with Crippen molar-refractivity contribution in [1.29, 1.82) is 0 Å². The SMILES string of the molecule is Cc1ccc(OCCOc2ccccc2/C=C(\C(=O)O)c2ccccc2)cc1C. The normalized spacial score (nSPS) is 11.2. The van der Waals surface area contributed by atoms with E-state index in [2.05, 4.69) is 6.92 Å².